The fraction of sp³-hybridized carbons (Fsp3) is 0.100. The van der Waals surface area contributed by atoms with Crippen molar-refractivity contribution >= 4 is 5.82 Å². The number of nitrogens with two attached hydrogens (primary N) is 1. The van der Waals surface area contributed by atoms with Crippen molar-refractivity contribution in [1.29, 1.82) is 0 Å². The van der Waals surface area contributed by atoms with Gasteiger partial charge in [0.15, 0.2) is 0 Å². The molecule has 27 heavy (non-hydrogen) atoms. The topological polar surface area (TPSA) is 100.0 Å². The number of nitrogen functional groups attached to an aromatic ring is 1. The monoisotopic (exact) mass is 359 g/mol. The molecule has 134 valence electrons. The molecule has 0 saturated carbocycles. The number of hydrogen-bond donors (Lipinski definition) is 1. The van der Waals surface area contributed by atoms with Gasteiger partial charge in [-0.15, -0.1) is 10.2 Å². The minimum atomic E-state index is 0.363. The van der Waals surface area contributed by atoms with Crippen LogP contribution in [-0.2, 0) is 13.0 Å². The highest BCUT2D eigenvalue weighted by molar-refractivity contribution is 5.66. The Morgan fingerprint density at radius 2 is 1.74 bits per heavy atom. The molecule has 3 aromatic heterocycles. The van der Waals surface area contributed by atoms with Crippen LogP contribution >= 0.6 is 0 Å². The maximum absolute atomic E-state index is 5.84. The van der Waals surface area contributed by atoms with E-state index in [1.165, 1.54) is 0 Å². The summed E-state index contributed by atoms with van der Waals surface area (Å²) >= 11 is 0. The Bertz CT molecular complexity index is 1020. The largest absolute Gasteiger partial charge is 0.487 e. The van der Waals surface area contributed by atoms with E-state index in [0.29, 0.717) is 36.2 Å². The zero-order valence-corrected chi connectivity index (χ0v) is 14.4. The van der Waals surface area contributed by atoms with Gasteiger partial charge in [0.25, 0.3) is 5.89 Å². The van der Waals surface area contributed by atoms with Crippen LogP contribution in [0.2, 0.25) is 0 Å². The van der Waals surface area contributed by atoms with E-state index in [1.54, 1.807) is 24.5 Å². The number of rotatable bonds is 6. The van der Waals surface area contributed by atoms with E-state index >= 15 is 0 Å². The number of aromatic nitrogens is 4. The van der Waals surface area contributed by atoms with Crippen molar-refractivity contribution in [2.45, 2.75) is 13.0 Å². The SMILES string of the molecule is Nc1ncccc1-c1nnc(Cc2ccc(OCc3ccccn3)cc2)o1. The second-order valence-corrected chi connectivity index (χ2v) is 5.87. The number of benzene rings is 1. The zero-order valence-electron chi connectivity index (χ0n) is 14.4. The minimum Gasteiger partial charge on any atom is -0.487 e. The standard InChI is InChI=1S/C20H17N5O2/c21-19-17(5-3-11-23-19)20-25-24-18(27-20)12-14-6-8-16(9-7-14)26-13-15-4-1-2-10-22-15/h1-11H,12-13H2,(H2,21,23). The smallest absolute Gasteiger partial charge is 0.251 e. The molecular weight excluding hydrogens is 342 g/mol. The predicted octanol–water partition coefficient (Wildman–Crippen LogP) is 3.28. The molecule has 0 bridgehead atoms. The Hall–Kier alpha value is -3.74. The predicted molar refractivity (Wildman–Crippen MR) is 99.8 cm³/mol. The minimum absolute atomic E-state index is 0.363. The Kier molecular flexibility index (Phi) is 4.74. The van der Waals surface area contributed by atoms with Crippen molar-refractivity contribution in [3.8, 4) is 17.2 Å². The van der Waals surface area contributed by atoms with Crippen molar-refractivity contribution in [3.63, 3.8) is 0 Å². The summed E-state index contributed by atoms with van der Waals surface area (Å²) in [6, 6.07) is 17.1. The molecular formula is C20H17N5O2. The van der Waals surface area contributed by atoms with Crippen LogP contribution in [-0.4, -0.2) is 20.2 Å². The quantitative estimate of drug-likeness (QED) is 0.564. The Balaban J connectivity index is 1.39. The first-order chi connectivity index (χ1) is 13.3. The summed E-state index contributed by atoms with van der Waals surface area (Å²) < 4.78 is 11.4. The lowest BCUT2D eigenvalue weighted by Crippen LogP contribution is -1.97. The summed E-state index contributed by atoms with van der Waals surface area (Å²) in [5.74, 6) is 2.02. The Morgan fingerprint density at radius 3 is 2.52 bits per heavy atom. The van der Waals surface area contributed by atoms with E-state index < -0.39 is 0 Å². The third kappa shape index (κ3) is 4.09. The normalized spacial score (nSPS) is 10.7. The molecule has 0 unspecified atom stereocenters. The van der Waals surface area contributed by atoms with Gasteiger partial charge in [-0.2, -0.15) is 0 Å². The zero-order chi connectivity index (χ0) is 18.5. The van der Waals surface area contributed by atoms with Crippen molar-refractivity contribution in [3.05, 3.63) is 84.1 Å². The molecule has 0 saturated heterocycles. The van der Waals surface area contributed by atoms with Crippen LogP contribution in [0.3, 0.4) is 0 Å². The van der Waals surface area contributed by atoms with Crippen molar-refractivity contribution in [2.24, 2.45) is 0 Å². The molecule has 0 fully saturated rings. The van der Waals surface area contributed by atoms with Gasteiger partial charge in [-0.05, 0) is 42.0 Å². The average molecular weight is 359 g/mol. The lowest BCUT2D eigenvalue weighted by Gasteiger charge is -2.06. The van der Waals surface area contributed by atoms with E-state index in [0.717, 1.165) is 17.0 Å². The molecule has 0 aliphatic heterocycles. The maximum Gasteiger partial charge on any atom is 0.251 e. The fourth-order valence-electron chi connectivity index (χ4n) is 2.55. The average Bonchev–Trinajstić information content (AvgIpc) is 3.17. The van der Waals surface area contributed by atoms with E-state index in [2.05, 4.69) is 20.2 Å². The first-order valence-electron chi connectivity index (χ1n) is 8.43. The van der Waals surface area contributed by atoms with Crippen LogP contribution < -0.4 is 10.5 Å². The molecule has 0 spiro atoms. The number of anilines is 1. The Morgan fingerprint density at radius 1 is 0.889 bits per heavy atom. The lowest BCUT2D eigenvalue weighted by molar-refractivity contribution is 0.301. The van der Waals surface area contributed by atoms with Crippen molar-refractivity contribution in [1.82, 2.24) is 20.2 Å². The molecule has 2 N–H and O–H groups in total. The van der Waals surface area contributed by atoms with E-state index in [4.69, 9.17) is 14.9 Å². The number of nitrogens with zero attached hydrogens (tertiary/aromatic N) is 4. The number of hydrogen-bond acceptors (Lipinski definition) is 7. The maximum atomic E-state index is 5.84. The van der Waals surface area contributed by atoms with Gasteiger partial charge in [0.05, 0.1) is 17.7 Å². The highest BCUT2D eigenvalue weighted by atomic mass is 16.5. The second kappa shape index (κ2) is 7.65. The van der Waals surface area contributed by atoms with Crippen LogP contribution in [0, 0.1) is 0 Å². The van der Waals surface area contributed by atoms with E-state index in [9.17, 15) is 0 Å². The second-order valence-electron chi connectivity index (χ2n) is 5.87. The van der Waals surface area contributed by atoms with Gasteiger partial charge in [-0.3, -0.25) is 4.98 Å². The first-order valence-corrected chi connectivity index (χ1v) is 8.43. The molecule has 0 atom stereocenters. The summed E-state index contributed by atoms with van der Waals surface area (Å²) in [6.07, 6.45) is 3.89. The van der Waals surface area contributed by atoms with Gasteiger partial charge >= 0.3 is 0 Å². The third-order valence-corrected chi connectivity index (χ3v) is 3.93. The highest BCUT2D eigenvalue weighted by Gasteiger charge is 2.12. The summed E-state index contributed by atoms with van der Waals surface area (Å²) in [6.45, 7) is 0.430. The lowest BCUT2D eigenvalue weighted by atomic mass is 10.1. The van der Waals surface area contributed by atoms with Crippen LogP contribution in [0.1, 0.15) is 17.1 Å². The molecule has 0 amide bonds. The Labute approximate surface area is 155 Å². The molecule has 3 heterocycles. The highest BCUT2D eigenvalue weighted by Crippen LogP contribution is 2.23. The first kappa shape index (κ1) is 16.7. The summed E-state index contributed by atoms with van der Waals surface area (Å²) in [5.41, 5.74) is 8.40. The van der Waals surface area contributed by atoms with Gasteiger partial charge in [0, 0.05) is 12.4 Å². The number of pyridine rings is 2. The molecule has 7 heteroatoms. The molecule has 0 aliphatic rings. The van der Waals surface area contributed by atoms with Gasteiger partial charge in [-0.25, -0.2) is 4.98 Å². The van der Waals surface area contributed by atoms with Gasteiger partial charge in [0.2, 0.25) is 5.89 Å². The number of ether oxygens (including phenoxy) is 1. The van der Waals surface area contributed by atoms with Gasteiger partial charge in [-0.1, -0.05) is 18.2 Å². The van der Waals surface area contributed by atoms with Crippen LogP contribution in [0.15, 0.2) is 71.4 Å². The van der Waals surface area contributed by atoms with E-state index in [-0.39, 0.29) is 0 Å². The molecule has 0 aliphatic carbocycles. The van der Waals surface area contributed by atoms with Crippen LogP contribution in [0.4, 0.5) is 5.82 Å². The molecule has 7 nitrogen and oxygen atoms in total. The van der Waals surface area contributed by atoms with Crippen LogP contribution in [0.25, 0.3) is 11.5 Å². The molecule has 0 radical (unpaired) electrons. The van der Waals surface area contributed by atoms with Gasteiger partial charge in [0.1, 0.15) is 18.2 Å². The third-order valence-electron chi connectivity index (χ3n) is 3.93. The van der Waals surface area contributed by atoms with Crippen LogP contribution in [0.5, 0.6) is 5.75 Å². The summed E-state index contributed by atoms with van der Waals surface area (Å²) in [5, 5.41) is 8.14. The van der Waals surface area contributed by atoms with Crippen molar-refractivity contribution in [2.75, 3.05) is 5.73 Å². The molecule has 1 aromatic carbocycles. The molecule has 4 rings (SSSR count). The van der Waals surface area contributed by atoms with Gasteiger partial charge < -0.3 is 14.9 Å². The molecule has 4 aromatic rings. The summed E-state index contributed by atoms with van der Waals surface area (Å²) in [7, 11) is 0. The fourth-order valence-corrected chi connectivity index (χ4v) is 2.55. The summed E-state index contributed by atoms with van der Waals surface area (Å²) in [4.78, 5) is 8.26. The van der Waals surface area contributed by atoms with Crippen molar-refractivity contribution < 1.29 is 9.15 Å². The van der Waals surface area contributed by atoms with E-state index in [1.807, 2.05) is 42.5 Å².